The maximum absolute atomic E-state index is 9.37. The molecule has 1 aliphatic rings. The molecule has 0 saturated carbocycles. The second-order valence-electron chi connectivity index (χ2n) is 4.78. The third-order valence-corrected chi connectivity index (χ3v) is 4.05. The Kier molecular flexibility index (Phi) is 3.06. The number of fused-ring (bicyclic) bond motifs is 1. The van der Waals surface area contributed by atoms with Crippen molar-refractivity contribution in [2.24, 2.45) is 0 Å². The van der Waals surface area contributed by atoms with Crippen molar-refractivity contribution in [3.63, 3.8) is 0 Å². The molecule has 1 aromatic heterocycles. The average Bonchev–Trinajstić information content (AvgIpc) is 2.79. The van der Waals surface area contributed by atoms with Gasteiger partial charge in [-0.25, -0.2) is 0 Å². The van der Waals surface area contributed by atoms with Gasteiger partial charge in [-0.05, 0) is 42.6 Å². The molecule has 0 spiro atoms. The second kappa shape index (κ2) is 4.71. The molecule has 2 N–H and O–H groups in total. The number of aliphatic hydroxyl groups excluding tert-OH is 1. The van der Waals surface area contributed by atoms with Crippen LogP contribution in [-0.2, 0) is 19.4 Å². The predicted octanol–water partition coefficient (Wildman–Crippen LogP) is 2.77. The normalized spacial score (nSPS) is 18.6. The Morgan fingerprint density at radius 1 is 1.33 bits per heavy atom. The van der Waals surface area contributed by atoms with Crippen molar-refractivity contribution in [2.75, 3.05) is 0 Å². The van der Waals surface area contributed by atoms with E-state index in [2.05, 4.69) is 33.8 Å². The van der Waals surface area contributed by atoms with Crippen molar-refractivity contribution in [1.82, 2.24) is 9.55 Å². The number of aromatic amines is 1. The van der Waals surface area contributed by atoms with E-state index in [0.717, 1.165) is 25.0 Å². The van der Waals surface area contributed by atoms with Crippen LogP contribution < -0.4 is 0 Å². The van der Waals surface area contributed by atoms with Crippen molar-refractivity contribution < 1.29 is 5.11 Å². The minimum Gasteiger partial charge on any atom is -0.390 e. The smallest absolute Gasteiger partial charge is 0.177 e. The minimum absolute atomic E-state index is 0.0330. The SMILES string of the molecule is OCc1c[nH]c(=S)n1C1CCc2ccccc2C1. The number of rotatable bonds is 2. The summed E-state index contributed by atoms with van der Waals surface area (Å²) in [5, 5.41) is 9.37. The molecule has 1 heterocycles. The monoisotopic (exact) mass is 260 g/mol. The number of hydrogen-bond donors (Lipinski definition) is 2. The van der Waals surface area contributed by atoms with Crippen molar-refractivity contribution in [3.05, 3.63) is 52.1 Å². The van der Waals surface area contributed by atoms with Crippen LogP contribution >= 0.6 is 12.2 Å². The Labute approximate surface area is 111 Å². The average molecular weight is 260 g/mol. The van der Waals surface area contributed by atoms with Gasteiger partial charge in [0.15, 0.2) is 4.77 Å². The molecule has 2 aromatic rings. The molecule has 0 saturated heterocycles. The molecule has 1 unspecified atom stereocenters. The highest BCUT2D eigenvalue weighted by molar-refractivity contribution is 7.71. The molecule has 0 aliphatic heterocycles. The molecule has 0 bridgehead atoms. The summed E-state index contributed by atoms with van der Waals surface area (Å²) in [6.07, 6.45) is 4.97. The zero-order chi connectivity index (χ0) is 12.5. The van der Waals surface area contributed by atoms with Gasteiger partial charge < -0.3 is 14.7 Å². The Hall–Kier alpha value is -1.39. The lowest BCUT2D eigenvalue weighted by molar-refractivity contribution is 0.263. The van der Waals surface area contributed by atoms with Crippen molar-refractivity contribution in [1.29, 1.82) is 0 Å². The molecule has 0 fully saturated rings. The van der Waals surface area contributed by atoms with Gasteiger partial charge >= 0.3 is 0 Å². The first-order valence-electron chi connectivity index (χ1n) is 6.26. The summed E-state index contributed by atoms with van der Waals surface area (Å²) in [5.74, 6) is 0. The standard InChI is InChI=1S/C14H16N2OS/c17-9-13-8-15-14(18)16(13)12-6-5-10-3-1-2-4-11(10)7-12/h1-4,8,12,17H,5-7,9H2,(H,15,18). The van der Waals surface area contributed by atoms with Gasteiger partial charge in [-0.2, -0.15) is 0 Å². The Bertz CT molecular complexity index is 614. The lowest BCUT2D eigenvalue weighted by Gasteiger charge is -2.26. The summed E-state index contributed by atoms with van der Waals surface area (Å²) in [7, 11) is 0. The highest BCUT2D eigenvalue weighted by Crippen LogP contribution is 2.29. The van der Waals surface area contributed by atoms with Gasteiger partial charge in [-0.15, -0.1) is 0 Å². The Morgan fingerprint density at radius 3 is 2.89 bits per heavy atom. The number of nitrogens with zero attached hydrogens (tertiary/aromatic N) is 1. The van der Waals surface area contributed by atoms with Crippen molar-refractivity contribution >= 4 is 12.2 Å². The topological polar surface area (TPSA) is 40.9 Å². The van der Waals surface area contributed by atoms with Gasteiger partial charge in [0.25, 0.3) is 0 Å². The first-order valence-corrected chi connectivity index (χ1v) is 6.67. The van der Waals surface area contributed by atoms with E-state index in [0.29, 0.717) is 10.8 Å². The number of aryl methyl sites for hydroxylation is 1. The number of H-pyrrole nitrogens is 1. The van der Waals surface area contributed by atoms with E-state index in [-0.39, 0.29) is 6.61 Å². The molecule has 94 valence electrons. The fourth-order valence-corrected chi connectivity index (χ4v) is 3.16. The van der Waals surface area contributed by atoms with E-state index >= 15 is 0 Å². The van der Waals surface area contributed by atoms with Crippen molar-refractivity contribution in [2.45, 2.75) is 31.9 Å². The van der Waals surface area contributed by atoms with Crippen LogP contribution in [0.5, 0.6) is 0 Å². The van der Waals surface area contributed by atoms with Gasteiger partial charge in [0.1, 0.15) is 0 Å². The molecule has 0 amide bonds. The number of hydrogen-bond acceptors (Lipinski definition) is 2. The quantitative estimate of drug-likeness (QED) is 0.815. The van der Waals surface area contributed by atoms with E-state index < -0.39 is 0 Å². The van der Waals surface area contributed by atoms with Gasteiger partial charge in [0.2, 0.25) is 0 Å². The maximum atomic E-state index is 9.37. The lowest BCUT2D eigenvalue weighted by atomic mass is 9.88. The molecule has 0 radical (unpaired) electrons. The third-order valence-electron chi connectivity index (χ3n) is 3.74. The third kappa shape index (κ3) is 1.91. The summed E-state index contributed by atoms with van der Waals surface area (Å²) in [5.41, 5.74) is 3.73. The van der Waals surface area contributed by atoms with E-state index in [1.807, 2.05) is 6.20 Å². The number of nitrogens with one attached hydrogen (secondary N) is 1. The zero-order valence-corrected chi connectivity index (χ0v) is 10.9. The molecule has 1 atom stereocenters. The fourth-order valence-electron chi connectivity index (χ4n) is 2.84. The minimum atomic E-state index is 0.0330. The van der Waals surface area contributed by atoms with Crippen LogP contribution in [0.25, 0.3) is 0 Å². The Morgan fingerprint density at radius 2 is 2.11 bits per heavy atom. The summed E-state index contributed by atoms with van der Waals surface area (Å²) in [6.45, 7) is 0.0330. The molecule has 1 aliphatic carbocycles. The van der Waals surface area contributed by atoms with Crippen LogP contribution in [0.4, 0.5) is 0 Å². The van der Waals surface area contributed by atoms with Gasteiger partial charge in [0.05, 0.1) is 12.3 Å². The van der Waals surface area contributed by atoms with Gasteiger partial charge in [-0.3, -0.25) is 0 Å². The summed E-state index contributed by atoms with van der Waals surface area (Å²) >= 11 is 5.31. The zero-order valence-electron chi connectivity index (χ0n) is 10.1. The molecule has 18 heavy (non-hydrogen) atoms. The molecule has 4 heteroatoms. The summed E-state index contributed by atoms with van der Waals surface area (Å²) in [4.78, 5) is 3.03. The number of aliphatic hydroxyl groups is 1. The largest absolute Gasteiger partial charge is 0.390 e. The maximum Gasteiger partial charge on any atom is 0.177 e. The van der Waals surface area contributed by atoms with Crippen LogP contribution in [0.3, 0.4) is 0 Å². The van der Waals surface area contributed by atoms with Crippen LogP contribution in [0.1, 0.15) is 29.3 Å². The molecular formula is C14H16N2OS. The predicted molar refractivity (Wildman–Crippen MR) is 73.0 cm³/mol. The number of imidazole rings is 1. The molecule has 3 rings (SSSR count). The van der Waals surface area contributed by atoms with Crippen LogP contribution in [0.15, 0.2) is 30.5 Å². The highest BCUT2D eigenvalue weighted by atomic mass is 32.1. The van der Waals surface area contributed by atoms with E-state index in [1.165, 1.54) is 11.1 Å². The van der Waals surface area contributed by atoms with E-state index in [1.54, 1.807) is 0 Å². The van der Waals surface area contributed by atoms with Gasteiger partial charge in [0, 0.05) is 12.2 Å². The lowest BCUT2D eigenvalue weighted by Crippen LogP contribution is -2.20. The van der Waals surface area contributed by atoms with Crippen LogP contribution in [-0.4, -0.2) is 14.7 Å². The molecule has 1 aromatic carbocycles. The molecule has 3 nitrogen and oxygen atoms in total. The summed E-state index contributed by atoms with van der Waals surface area (Å²) in [6, 6.07) is 8.94. The summed E-state index contributed by atoms with van der Waals surface area (Å²) < 4.78 is 2.79. The van der Waals surface area contributed by atoms with Crippen LogP contribution in [0.2, 0.25) is 0 Å². The van der Waals surface area contributed by atoms with E-state index in [9.17, 15) is 5.11 Å². The Balaban J connectivity index is 1.96. The van der Waals surface area contributed by atoms with Crippen LogP contribution in [0, 0.1) is 4.77 Å². The van der Waals surface area contributed by atoms with Crippen molar-refractivity contribution in [3.8, 4) is 0 Å². The highest BCUT2D eigenvalue weighted by Gasteiger charge is 2.21. The number of benzene rings is 1. The first-order chi connectivity index (χ1) is 8.79. The fraction of sp³-hybridized carbons (Fsp3) is 0.357. The molecular weight excluding hydrogens is 244 g/mol. The second-order valence-corrected chi connectivity index (χ2v) is 5.17. The number of aromatic nitrogens is 2. The van der Waals surface area contributed by atoms with E-state index in [4.69, 9.17) is 12.2 Å². The van der Waals surface area contributed by atoms with Gasteiger partial charge in [-0.1, -0.05) is 24.3 Å². The first kappa shape index (κ1) is 11.7.